The molecule has 0 aliphatic carbocycles. The van der Waals surface area contributed by atoms with E-state index in [0.717, 1.165) is 16.8 Å². The van der Waals surface area contributed by atoms with Crippen LogP contribution in [0.25, 0.3) is 11.2 Å². The van der Waals surface area contributed by atoms with Gasteiger partial charge in [-0.1, -0.05) is 12.1 Å². The molecule has 0 aliphatic heterocycles. The van der Waals surface area contributed by atoms with Gasteiger partial charge in [0.25, 0.3) is 0 Å². The second kappa shape index (κ2) is 7.16. The Kier molecular flexibility index (Phi) is 4.78. The highest BCUT2D eigenvalue weighted by Crippen LogP contribution is 2.18. The minimum absolute atomic E-state index is 0.00963. The van der Waals surface area contributed by atoms with E-state index in [9.17, 15) is 4.79 Å². The largest absolute Gasteiger partial charge is 0.497 e. The standard InChI is InChI=1S/C17H20N6O2/c1-22(8-12-4-6-13(25-3)7-5-12)14(24)9-23(2)17-15-16(19-10-18-15)20-11-21-17/h4-7,10-11H,8-9H2,1-3H3,(H,18,19,20,21). The highest BCUT2D eigenvalue weighted by Gasteiger charge is 2.16. The van der Waals surface area contributed by atoms with Crippen LogP contribution in [0, 0.1) is 0 Å². The summed E-state index contributed by atoms with van der Waals surface area (Å²) in [6.45, 7) is 0.734. The van der Waals surface area contributed by atoms with Gasteiger partial charge in [-0.15, -0.1) is 0 Å². The van der Waals surface area contributed by atoms with Crippen molar-refractivity contribution in [2.45, 2.75) is 6.54 Å². The zero-order valence-electron chi connectivity index (χ0n) is 14.4. The topological polar surface area (TPSA) is 87.2 Å². The summed E-state index contributed by atoms with van der Waals surface area (Å²) in [5.41, 5.74) is 2.34. The first kappa shape index (κ1) is 16.7. The third-order valence-electron chi connectivity index (χ3n) is 3.94. The maximum absolute atomic E-state index is 12.5. The van der Waals surface area contributed by atoms with Gasteiger partial charge in [0.05, 0.1) is 20.0 Å². The fourth-order valence-electron chi connectivity index (χ4n) is 2.53. The van der Waals surface area contributed by atoms with Gasteiger partial charge < -0.3 is 19.5 Å². The van der Waals surface area contributed by atoms with E-state index in [1.54, 1.807) is 30.3 Å². The zero-order valence-corrected chi connectivity index (χ0v) is 14.4. The molecular formula is C17H20N6O2. The van der Waals surface area contributed by atoms with Crippen LogP contribution in [0.4, 0.5) is 5.82 Å². The lowest BCUT2D eigenvalue weighted by Crippen LogP contribution is -2.36. The average Bonchev–Trinajstić information content (AvgIpc) is 3.10. The Morgan fingerprint density at radius 1 is 1.16 bits per heavy atom. The summed E-state index contributed by atoms with van der Waals surface area (Å²) < 4.78 is 5.14. The summed E-state index contributed by atoms with van der Waals surface area (Å²) in [4.78, 5) is 31.4. The molecule has 0 aliphatic rings. The highest BCUT2D eigenvalue weighted by atomic mass is 16.5. The number of nitrogens with one attached hydrogen (secondary N) is 1. The van der Waals surface area contributed by atoms with Gasteiger partial charge in [-0.25, -0.2) is 15.0 Å². The Morgan fingerprint density at radius 2 is 1.92 bits per heavy atom. The molecule has 2 aromatic heterocycles. The predicted octanol–water partition coefficient (Wildman–Crippen LogP) is 1.46. The molecule has 0 saturated heterocycles. The number of H-pyrrole nitrogens is 1. The van der Waals surface area contributed by atoms with Crippen LogP contribution in [0.3, 0.4) is 0 Å². The first-order valence-corrected chi connectivity index (χ1v) is 7.80. The van der Waals surface area contributed by atoms with Gasteiger partial charge in [-0.2, -0.15) is 0 Å². The smallest absolute Gasteiger partial charge is 0.242 e. The molecule has 1 N–H and O–H groups in total. The summed E-state index contributed by atoms with van der Waals surface area (Å²) in [5.74, 6) is 1.43. The van der Waals surface area contributed by atoms with Gasteiger partial charge in [-0.3, -0.25) is 4.79 Å². The number of anilines is 1. The minimum Gasteiger partial charge on any atom is -0.497 e. The number of imidazole rings is 1. The van der Waals surface area contributed by atoms with Gasteiger partial charge in [0.1, 0.15) is 17.6 Å². The van der Waals surface area contributed by atoms with Crippen molar-refractivity contribution in [3.05, 3.63) is 42.5 Å². The number of methoxy groups -OCH3 is 1. The van der Waals surface area contributed by atoms with E-state index in [-0.39, 0.29) is 12.5 Å². The van der Waals surface area contributed by atoms with Crippen molar-refractivity contribution in [2.75, 3.05) is 32.6 Å². The monoisotopic (exact) mass is 340 g/mol. The number of benzene rings is 1. The van der Waals surface area contributed by atoms with E-state index in [4.69, 9.17) is 4.74 Å². The number of hydrogen-bond donors (Lipinski definition) is 1. The summed E-state index contributed by atoms with van der Waals surface area (Å²) >= 11 is 0. The Balaban J connectivity index is 1.65. The maximum Gasteiger partial charge on any atom is 0.242 e. The third-order valence-corrected chi connectivity index (χ3v) is 3.94. The normalized spacial score (nSPS) is 10.7. The van der Waals surface area contributed by atoms with Crippen molar-refractivity contribution in [2.24, 2.45) is 0 Å². The number of ether oxygens (including phenoxy) is 1. The quantitative estimate of drug-likeness (QED) is 0.731. The molecule has 25 heavy (non-hydrogen) atoms. The molecule has 130 valence electrons. The lowest BCUT2D eigenvalue weighted by molar-refractivity contribution is -0.128. The van der Waals surface area contributed by atoms with Crippen LogP contribution < -0.4 is 9.64 Å². The van der Waals surface area contributed by atoms with E-state index >= 15 is 0 Å². The fraction of sp³-hybridized carbons (Fsp3) is 0.294. The average molecular weight is 340 g/mol. The van der Waals surface area contributed by atoms with Gasteiger partial charge in [0.15, 0.2) is 11.5 Å². The first-order chi connectivity index (χ1) is 12.1. The van der Waals surface area contributed by atoms with Crippen molar-refractivity contribution in [3.8, 4) is 5.75 Å². The third kappa shape index (κ3) is 3.68. The zero-order chi connectivity index (χ0) is 17.8. The molecular weight excluding hydrogens is 320 g/mol. The molecule has 1 amide bonds. The number of likely N-dealkylation sites (N-methyl/N-ethyl adjacent to an activating group) is 2. The van der Waals surface area contributed by atoms with Gasteiger partial charge in [0, 0.05) is 20.6 Å². The number of carbonyl (C=O) groups excluding carboxylic acids is 1. The molecule has 0 saturated carbocycles. The van der Waals surface area contributed by atoms with Gasteiger partial charge >= 0.3 is 0 Å². The summed E-state index contributed by atoms with van der Waals surface area (Å²) in [5, 5.41) is 0. The van der Waals surface area contributed by atoms with E-state index < -0.39 is 0 Å². The number of carbonyl (C=O) groups is 1. The lowest BCUT2D eigenvalue weighted by atomic mass is 10.2. The Bertz CT molecular complexity index is 861. The van der Waals surface area contributed by atoms with Crippen LogP contribution in [0.2, 0.25) is 0 Å². The Morgan fingerprint density at radius 3 is 2.64 bits per heavy atom. The number of fused-ring (bicyclic) bond motifs is 1. The summed E-state index contributed by atoms with van der Waals surface area (Å²) in [7, 11) is 5.23. The van der Waals surface area contributed by atoms with Crippen molar-refractivity contribution in [1.29, 1.82) is 0 Å². The molecule has 0 unspecified atom stereocenters. The molecule has 8 nitrogen and oxygen atoms in total. The molecule has 0 spiro atoms. The number of amides is 1. The van der Waals surface area contributed by atoms with Crippen LogP contribution in [0.1, 0.15) is 5.56 Å². The Labute approximate surface area is 145 Å². The molecule has 0 radical (unpaired) electrons. The van der Waals surface area contributed by atoms with Crippen molar-refractivity contribution >= 4 is 22.9 Å². The summed E-state index contributed by atoms with van der Waals surface area (Å²) in [6.07, 6.45) is 3.01. The molecule has 3 aromatic rings. The molecule has 3 rings (SSSR count). The SMILES string of the molecule is COc1ccc(CN(C)C(=O)CN(C)c2ncnc3nc[nH]c23)cc1. The van der Waals surface area contributed by atoms with Crippen LogP contribution >= 0.6 is 0 Å². The fourth-order valence-corrected chi connectivity index (χ4v) is 2.53. The lowest BCUT2D eigenvalue weighted by Gasteiger charge is -2.23. The van der Waals surface area contributed by atoms with Crippen LogP contribution in [0.15, 0.2) is 36.9 Å². The number of rotatable bonds is 6. The minimum atomic E-state index is -0.00963. The number of hydrogen-bond acceptors (Lipinski definition) is 6. The Hall–Kier alpha value is -3.16. The molecule has 0 fully saturated rings. The van der Waals surface area contributed by atoms with Gasteiger partial charge in [0.2, 0.25) is 5.91 Å². The predicted molar refractivity (Wildman–Crippen MR) is 94.4 cm³/mol. The van der Waals surface area contributed by atoms with Crippen LogP contribution in [0.5, 0.6) is 5.75 Å². The van der Waals surface area contributed by atoms with Crippen molar-refractivity contribution < 1.29 is 9.53 Å². The van der Waals surface area contributed by atoms with Crippen LogP contribution in [-0.2, 0) is 11.3 Å². The molecule has 0 bridgehead atoms. The molecule has 0 atom stereocenters. The number of nitrogens with zero attached hydrogens (tertiary/aromatic N) is 5. The first-order valence-electron chi connectivity index (χ1n) is 7.80. The second-order valence-corrected chi connectivity index (χ2v) is 5.75. The molecule has 1 aromatic carbocycles. The van der Waals surface area contributed by atoms with Crippen molar-refractivity contribution in [3.63, 3.8) is 0 Å². The number of aromatic amines is 1. The van der Waals surface area contributed by atoms with Crippen LogP contribution in [-0.4, -0.2) is 58.5 Å². The highest BCUT2D eigenvalue weighted by molar-refractivity contribution is 5.86. The van der Waals surface area contributed by atoms with E-state index in [2.05, 4.69) is 19.9 Å². The van der Waals surface area contributed by atoms with E-state index in [1.807, 2.05) is 31.3 Å². The van der Waals surface area contributed by atoms with Gasteiger partial charge in [-0.05, 0) is 17.7 Å². The number of aromatic nitrogens is 4. The molecule has 2 heterocycles. The molecule has 8 heteroatoms. The maximum atomic E-state index is 12.5. The van der Waals surface area contributed by atoms with E-state index in [1.165, 1.54) is 6.33 Å². The van der Waals surface area contributed by atoms with Crippen molar-refractivity contribution in [1.82, 2.24) is 24.8 Å². The summed E-state index contributed by atoms with van der Waals surface area (Å²) in [6, 6.07) is 7.67. The van der Waals surface area contributed by atoms with E-state index in [0.29, 0.717) is 18.0 Å². The second-order valence-electron chi connectivity index (χ2n) is 5.75.